The molecule has 17 heavy (non-hydrogen) atoms. The first-order valence-electron chi connectivity index (χ1n) is 6.52. The van der Waals surface area contributed by atoms with E-state index in [1.807, 2.05) is 0 Å². The Balaban J connectivity index is 1.85. The molecule has 0 aromatic rings. The highest BCUT2D eigenvalue weighted by molar-refractivity contribution is 4.99. The number of aliphatic hydroxyl groups is 1. The molecule has 0 radical (unpaired) electrons. The highest BCUT2D eigenvalue weighted by Gasteiger charge is 2.35. The topological polar surface area (TPSA) is 35.9 Å². The summed E-state index contributed by atoms with van der Waals surface area (Å²) >= 11 is 0. The smallest absolute Gasteiger partial charge is 0.0834 e. The molecule has 2 atom stereocenters. The Hall–Kier alpha value is -0.420. The Bertz CT molecular complexity index is 271. The van der Waals surface area contributed by atoms with Crippen molar-refractivity contribution in [1.29, 1.82) is 0 Å². The average Bonchev–Trinajstić information content (AvgIpc) is 2.69. The molecule has 2 fully saturated rings. The molecule has 0 amide bonds. The lowest BCUT2D eigenvalue weighted by atomic mass is 10.2. The zero-order valence-corrected chi connectivity index (χ0v) is 10.9. The third-order valence-corrected chi connectivity index (χ3v) is 3.61. The van der Waals surface area contributed by atoms with Crippen LogP contribution < -0.4 is 0 Å². The van der Waals surface area contributed by atoms with Gasteiger partial charge in [-0.15, -0.1) is 0 Å². The van der Waals surface area contributed by atoms with Crippen molar-refractivity contribution in [2.45, 2.75) is 26.0 Å². The Kier molecular flexibility index (Phi) is 4.56. The van der Waals surface area contributed by atoms with E-state index in [-0.39, 0.29) is 6.10 Å². The van der Waals surface area contributed by atoms with Crippen LogP contribution in [0.15, 0.2) is 11.6 Å². The summed E-state index contributed by atoms with van der Waals surface area (Å²) in [4.78, 5) is 4.70. The average molecular weight is 240 g/mol. The molecule has 1 N–H and O–H groups in total. The first kappa shape index (κ1) is 13.0. The van der Waals surface area contributed by atoms with Crippen LogP contribution in [0.2, 0.25) is 0 Å². The summed E-state index contributed by atoms with van der Waals surface area (Å²) in [6.07, 6.45) is 2.02. The monoisotopic (exact) mass is 240 g/mol. The first-order valence-corrected chi connectivity index (χ1v) is 6.52. The number of β-amino-alcohol motifs (C(OH)–C–C–N with tert-alkyl or cyclic N) is 1. The standard InChI is InChI=1S/C13H24N2O2/c1-11(2)3-4-14-9-12(13(16)10-14)15-5-7-17-8-6-15/h3,12-13,16H,4-10H2,1-2H3/t12-,13-/m0/s1. The molecular weight excluding hydrogens is 216 g/mol. The van der Waals surface area contributed by atoms with E-state index >= 15 is 0 Å². The molecule has 4 heteroatoms. The fourth-order valence-corrected chi connectivity index (χ4v) is 2.58. The van der Waals surface area contributed by atoms with Crippen LogP contribution in [0.25, 0.3) is 0 Å². The van der Waals surface area contributed by atoms with Crippen LogP contribution in [0.5, 0.6) is 0 Å². The maximum Gasteiger partial charge on any atom is 0.0834 e. The lowest BCUT2D eigenvalue weighted by molar-refractivity contribution is -0.00614. The molecule has 2 heterocycles. The number of allylic oxidation sites excluding steroid dienone is 1. The van der Waals surface area contributed by atoms with Crippen molar-refractivity contribution in [2.24, 2.45) is 0 Å². The predicted octanol–water partition coefficient (Wildman–Crippen LogP) is 0.330. The molecule has 98 valence electrons. The number of rotatable bonds is 3. The van der Waals surface area contributed by atoms with Crippen LogP contribution in [0.3, 0.4) is 0 Å². The van der Waals surface area contributed by atoms with Crippen molar-refractivity contribution in [2.75, 3.05) is 45.9 Å². The van der Waals surface area contributed by atoms with Gasteiger partial charge in [0.1, 0.15) is 0 Å². The first-order chi connectivity index (χ1) is 8.16. The zero-order valence-electron chi connectivity index (χ0n) is 10.9. The number of hydrogen-bond acceptors (Lipinski definition) is 4. The van der Waals surface area contributed by atoms with Crippen molar-refractivity contribution < 1.29 is 9.84 Å². The van der Waals surface area contributed by atoms with Crippen molar-refractivity contribution in [3.8, 4) is 0 Å². The Labute approximate surface area is 104 Å². The fourth-order valence-electron chi connectivity index (χ4n) is 2.58. The normalized spacial score (nSPS) is 31.7. The van der Waals surface area contributed by atoms with Crippen LogP contribution in [0.1, 0.15) is 13.8 Å². The third-order valence-electron chi connectivity index (χ3n) is 3.61. The largest absolute Gasteiger partial charge is 0.390 e. The fraction of sp³-hybridized carbons (Fsp3) is 0.846. The lowest BCUT2D eigenvalue weighted by Crippen LogP contribution is -2.48. The van der Waals surface area contributed by atoms with Gasteiger partial charge in [0.2, 0.25) is 0 Å². The summed E-state index contributed by atoms with van der Waals surface area (Å²) in [6, 6.07) is 0.296. The van der Waals surface area contributed by atoms with Gasteiger partial charge in [0.05, 0.1) is 19.3 Å². The molecule has 2 saturated heterocycles. The molecule has 2 rings (SSSR count). The molecular formula is C13H24N2O2. The lowest BCUT2D eigenvalue weighted by Gasteiger charge is -2.33. The van der Waals surface area contributed by atoms with Gasteiger partial charge >= 0.3 is 0 Å². The van der Waals surface area contributed by atoms with Gasteiger partial charge in [-0.3, -0.25) is 9.80 Å². The van der Waals surface area contributed by atoms with Gasteiger partial charge in [-0.05, 0) is 13.8 Å². The van der Waals surface area contributed by atoms with Crippen LogP contribution in [0.4, 0.5) is 0 Å². The van der Waals surface area contributed by atoms with Crippen LogP contribution in [-0.4, -0.2) is 73.0 Å². The van der Waals surface area contributed by atoms with E-state index in [1.54, 1.807) is 0 Å². The maximum absolute atomic E-state index is 10.1. The van der Waals surface area contributed by atoms with E-state index in [4.69, 9.17) is 4.74 Å². The molecule has 0 aromatic heterocycles. The zero-order chi connectivity index (χ0) is 12.3. The van der Waals surface area contributed by atoms with Crippen molar-refractivity contribution in [3.05, 3.63) is 11.6 Å². The molecule has 4 nitrogen and oxygen atoms in total. The predicted molar refractivity (Wildman–Crippen MR) is 68.1 cm³/mol. The summed E-state index contributed by atoms with van der Waals surface area (Å²) in [5.74, 6) is 0. The van der Waals surface area contributed by atoms with E-state index in [0.29, 0.717) is 6.04 Å². The second-order valence-electron chi connectivity index (χ2n) is 5.28. The molecule has 2 aliphatic heterocycles. The summed E-state index contributed by atoms with van der Waals surface area (Å²) in [5.41, 5.74) is 1.34. The highest BCUT2D eigenvalue weighted by Crippen LogP contribution is 2.17. The molecule has 0 saturated carbocycles. The number of morpholine rings is 1. The van der Waals surface area contributed by atoms with Gasteiger partial charge in [-0.1, -0.05) is 11.6 Å². The van der Waals surface area contributed by atoms with E-state index in [1.165, 1.54) is 5.57 Å². The van der Waals surface area contributed by atoms with Crippen molar-refractivity contribution >= 4 is 0 Å². The maximum atomic E-state index is 10.1. The molecule has 0 bridgehead atoms. The number of hydrogen-bond donors (Lipinski definition) is 1. The number of nitrogens with zero attached hydrogens (tertiary/aromatic N) is 2. The second kappa shape index (κ2) is 5.96. The molecule has 0 aliphatic carbocycles. The van der Waals surface area contributed by atoms with Gasteiger partial charge in [-0.25, -0.2) is 0 Å². The highest BCUT2D eigenvalue weighted by atomic mass is 16.5. The van der Waals surface area contributed by atoms with Gasteiger partial charge in [0.15, 0.2) is 0 Å². The minimum atomic E-state index is -0.210. The summed E-state index contributed by atoms with van der Waals surface area (Å²) < 4.78 is 5.35. The van der Waals surface area contributed by atoms with E-state index in [9.17, 15) is 5.11 Å². The second-order valence-corrected chi connectivity index (χ2v) is 5.28. The van der Waals surface area contributed by atoms with E-state index < -0.39 is 0 Å². The molecule has 2 aliphatic rings. The van der Waals surface area contributed by atoms with E-state index in [2.05, 4.69) is 29.7 Å². The Morgan fingerprint density at radius 3 is 2.65 bits per heavy atom. The Morgan fingerprint density at radius 1 is 1.29 bits per heavy atom. The Morgan fingerprint density at radius 2 is 2.00 bits per heavy atom. The van der Waals surface area contributed by atoms with E-state index in [0.717, 1.165) is 45.9 Å². The van der Waals surface area contributed by atoms with Gasteiger partial charge in [0, 0.05) is 38.8 Å². The SMILES string of the molecule is CC(C)=CCN1C[C@H](O)[C@@H](N2CCOCC2)C1. The third kappa shape index (κ3) is 3.52. The number of aliphatic hydroxyl groups excluding tert-OH is 1. The summed E-state index contributed by atoms with van der Waals surface area (Å²) in [5, 5.41) is 10.1. The van der Waals surface area contributed by atoms with Crippen LogP contribution >= 0.6 is 0 Å². The minimum absolute atomic E-state index is 0.210. The minimum Gasteiger partial charge on any atom is -0.390 e. The van der Waals surface area contributed by atoms with Crippen molar-refractivity contribution in [1.82, 2.24) is 9.80 Å². The molecule has 0 spiro atoms. The number of likely N-dealkylation sites (tertiary alicyclic amines) is 1. The van der Waals surface area contributed by atoms with Crippen LogP contribution in [-0.2, 0) is 4.74 Å². The molecule has 0 unspecified atom stereocenters. The molecule has 0 aromatic carbocycles. The van der Waals surface area contributed by atoms with Gasteiger partial charge < -0.3 is 9.84 Å². The number of ether oxygens (including phenoxy) is 1. The van der Waals surface area contributed by atoms with Gasteiger partial charge in [0.25, 0.3) is 0 Å². The summed E-state index contributed by atoms with van der Waals surface area (Å²) in [7, 11) is 0. The van der Waals surface area contributed by atoms with Gasteiger partial charge in [-0.2, -0.15) is 0 Å². The summed E-state index contributed by atoms with van der Waals surface area (Å²) in [6.45, 7) is 10.5. The quantitative estimate of drug-likeness (QED) is 0.721. The van der Waals surface area contributed by atoms with Crippen LogP contribution in [0, 0.1) is 0 Å². The van der Waals surface area contributed by atoms with Crippen molar-refractivity contribution in [3.63, 3.8) is 0 Å².